The van der Waals surface area contributed by atoms with E-state index in [1.165, 1.54) is 51.6 Å². The zero-order valence-corrected chi connectivity index (χ0v) is 18.0. The van der Waals surface area contributed by atoms with Crippen LogP contribution in [0.5, 0.6) is 0 Å². The summed E-state index contributed by atoms with van der Waals surface area (Å²) in [6.45, 7) is 21.5. The smallest absolute Gasteiger partial charge is 0.0254 e. The molecule has 2 nitrogen and oxygen atoms in total. The zero-order valence-electron chi connectivity index (χ0n) is 18.0. The second-order valence-corrected chi connectivity index (χ2v) is 9.04. The summed E-state index contributed by atoms with van der Waals surface area (Å²) in [4.78, 5) is 5.68. The van der Waals surface area contributed by atoms with Crippen molar-refractivity contribution in [1.29, 1.82) is 0 Å². The maximum atomic E-state index is 2.84. The summed E-state index contributed by atoms with van der Waals surface area (Å²) in [5.74, 6) is 1.58. The Morgan fingerprint density at radius 2 is 1.00 bits per heavy atom. The van der Waals surface area contributed by atoms with Crippen LogP contribution in [0.3, 0.4) is 0 Å². The van der Waals surface area contributed by atoms with E-state index in [0.717, 1.165) is 23.9 Å². The van der Waals surface area contributed by atoms with Crippen LogP contribution in [0.25, 0.3) is 0 Å². The second kappa shape index (κ2) is 10.8. The van der Waals surface area contributed by atoms with Gasteiger partial charge in [-0.2, -0.15) is 0 Å². The molecular weight excluding hydrogens is 292 g/mol. The van der Waals surface area contributed by atoms with Gasteiger partial charge in [0.1, 0.15) is 0 Å². The van der Waals surface area contributed by atoms with Crippen LogP contribution >= 0.6 is 0 Å². The molecule has 1 aliphatic rings. The highest BCUT2D eigenvalue weighted by atomic mass is 15.3. The average Bonchev–Trinajstić information content (AvgIpc) is 2.48. The highest BCUT2D eigenvalue weighted by molar-refractivity contribution is 4.93. The molecule has 24 heavy (non-hydrogen) atoms. The van der Waals surface area contributed by atoms with Crippen LogP contribution in [0.1, 0.15) is 93.9 Å². The van der Waals surface area contributed by atoms with Crippen LogP contribution < -0.4 is 0 Å². The molecule has 0 aromatic rings. The molecule has 2 heteroatoms. The Labute approximate surface area is 153 Å². The lowest BCUT2D eigenvalue weighted by atomic mass is 9.85. The lowest BCUT2D eigenvalue weighted by Gasteiger charge is -2.49. The highest BCUT2D eigenvalue weighted by Crippen LogP contribution is 2.31. The number of likely N-dealkylation sites (N-methyl/N-ethyl adjacent to an activating group) is 2. The van der Waals surface area contributed by atoms with Gasteiger partial charge in [0.25, 0.3) is 0 Å². The molecule has 0 aliphatic heterocycles. The molecule has 144 valence electrons. The molecule has 1 saturated carbocycles. The van der Waals surface area contributed by atoms with E-state index in [1.807, 2.05) is 0 Å². The first-order valence-corrected chi connectivity index (χ1v) is 10.8. The third kappa shape index (κ3) is 6.33. The molecule has 0 spiro atoms. The Morgan fingerprint density at radius 3 is 1.25 bits per heavy atom. The molecule has 4 atom stereocenters. The van der Waals surface area contributed by atoms with E-state index in [9.17, 15) is 0 Å². The molecule has 0 heterocycles. The fourth-order valence-corrected chi connectivity index (χ4v) is 5.25. The van der Waals surface area contributed by atoms with E-state index in [2.05, 4.69) is 65.2 Å². The van der Waals surface area contributed by atoms with Crippen LogP contribution in [-0.2, 0) is 0 Å². The summed E-state index contributed by atoms with van der Waals surface area (Å²) in [5.41, 5.74) is 0. The molecule has 4 unspecified atom stereocenters. The van der Waals surface area contributed by atoms with E-state index >= 15 is 0 Å². The minimum atomic E-state index is 0.708. The molecule has 0 N–H and O–H groups in total. The summed E-state index contributed by atoms with van der Waals surface area (Å²) in [7, 11) is 0. The molecule has 0 amide bonds. The van der Waals surface area contributed by atoms with Gasteiger partial charge in [-0.25, -0.2) is 0 Å². The van der Waals surface area contributed by atoms with Crippen molar-refractivity contribution in [1.82, 2.24) is 9.80 Å². The fourth-order valence-electron chi connectivity index (χ4n) is 5.25. The van der Waals surface area contributed by atoms with Gasteiger partial charge in [0.05, 0.1) is 0 Å². The Morgan fingerprint density at radius 1 is 0.667 bits per heavy atom. The summed E-state index contributed by atoms with van der Waals surface area (Å²) in [6.07, 6.45) is 8.28. The Balaban J connectivity index is 2.91. The van der Waals surface area contributed by atoms with Crippen molar-refractivity contribution in [2.45, 2.75) is 118 Å². The van der Waals surface area contributed by atoms with Gasteiger partial charge < -0.3 is 0 Å². The van der Waals surface area contributed by atoms with Crippen LogP contribution in [-0.4, -0.2) is 47.1 Å². The molecule has 1 fully saturated rings. The molecule has 1 aliphatic carbocycles. The summed E-state index contributed by atoms with van der Waals surface area (Å²) in [5, 5.41) is 0. The molecule has 0 saturated heterocycles. The summed E-state index contributed by atoms with van der Waals surface area (Å²) in [6, 6.07) is 2.93. The largest absolute Gasteiger partial charge is 0.296 e. The molecule has 0 bridgehead atoms. The van der Waals surface area contributed by atoms with Gasteiger partial charge in [-0.3, -0.25) is 9.80 Å². The van der Waals surface area contributed by atoms with E-state index < -0.39 is 0 Å². The van der Waals surface area contributed by atoms with Gasteiger partial charge in [0.2, 0.25) is 0 Å². The van der Waals surface area contributed by atoms with Crippen LogP contribution in [0, 0.1) is 11.8 Å². The normalized spacial score (nSPS) is 25.0. The number of rotatable bonds is 10. The van der Waals surface area contributed by atoms with Crippen LogP contribution in [0.4, 0.5) is 0 Å². The monoisotopic (exact) mass is 338 g/mol. The van der Waals surface area contributed by atoms with Crippen molar-refractivity contribution < 1.29 is 0 Å². The highest BCUT2D eigenvalue weighted by Gasteiger charge is 2.36. The Kier molecular flexibility index (Phi) is 9.89. The molecular formula is C22H46N2. The van der Waals surface area contributed by atoms with Gasteiger partial charge in [-0.05, 0) is 64.5 Å². The molecule has 1 rings (SSSR count). The second-order valence-electron chi connectivity index (χ2n) is 9.04. The molecule has 0 aromatic carbocycles. The van der Waals surface area contributed by atoms with Crippen molar-refractivity contribution in [2.24, 2.45) is 11.8 Å². The topological polar surface area (TPSA) is 6.48 Å². The number of hydrogen-bond donors (Lipinski definition) is 0. The first-order valence-electron chi connectivity index (χ1n) is 10.8. The van der Waals surface area contributed by atoms with Gasteiger partial charge in [-0.1, -0.05) is 54.4 Å². The fraction of sp³-hybridized carbons (Fsp3) is 1.00. The zero-order chi connectivity index (χ0) is 18.3. The van der Waals surface area contributed by atoms with Gasteiger partial charge >= 0.3 is 0 Å². The summed E-state index contributed by atoms with van der Waals surface area (Å²) < 4.78 is 0. The van der Waals surface area contributed by atoms with E-state index in [0.29, 0.717) is 12.1 Å². The van der Waals surface area contributed by atoms with Gasteiger partial charge in [-0.15, -0.1) is 0 Å². The lowest BCUT2D eigenvalue weighted by molar-refractivity contribution is 0.00752. The maximum absolute atomic E-state index is 2.84. The predicted octanol–water partition coefficient (Wildman–Crippen LogP) is 5.81. The summed E-state index contributed by atoms with van der Waals surface area (Å²) >= 11 is 0. The quantitative estimate of drug-likeness (QED) is 0.496. The van der Waals surface area contributed by atoms with Crippen molar-refractivity contribution in [3.05, 3.63) is 0 Å². The standard InChI is InChI=1S/C22H46N2/c1-9-23(19(7)15-17(3)4)21-13-11-12-14-22(21)24(10-2)20(8)16-18(5)6/h17-22H,9-16H2,1-8H3. The number of nitrogens with zero attached hydrogens (tertiary/aromatic N) is 2. The Bertz CT molecular complexity index is 294. The first kappa shape index (κ1) is 22.0. The maximum Gasteiger partial charge on any atom is 0.0254 e. The van der Waals surface area contributed by atoms with Crippen LogP contribution in [0.2, 0.25) is 0 Å². The van der Waals surface area contributed by atoms with Gasteiger partial charge in [0.15, 0.2) is 0 Å². The lowest BCUT2D eigenvalue weighted by Crippen LogP contribution is -2.57. The molecule has 0 radical (unpaired) electrons. The minimum Gasteiger partial charge on any atom is -0.296 e. The van der Waals surface area contributed by atoms with Crippen molar-refractivity contribution in [2.75, 3.05) is 13.1 Å². The average molecular weight is 339 g/mol. The minimum absolute atomic E-state index is 0.708. The van der Waals surface area contributed by atoms with Crippen molar-refractivity contribution in [3.63, 3.8) is 0 Å². The predicted molar refractivity (Wildman–Crippen MR) is 109 cm³/mol. The van der Waals surface area contributed by atoms with E-state index in [-0.39, 0.29) is 0 Å². The van der Waals surface area contributed by atoms with E-state index in [1.54, 1.807) is 0 Å². The van der Waals surface area contributed by atoms with Crippen LogP contribution in [0.15, 0.2) is 0 Å². The first-order chi connectivity index (χ1) is 11.3. The van der Waals surface area contributed by atoms with E-state index in [4.69, 9.17) is 0 Å². The third-order valence-electron chi connectivity index (χ3n) is 6.03. The van der Waals surface area contributed by atoms with Crippen molar-refractivity contribution in [3.8, 4) is 0 Å². The SMILES string of the molecule is CCN(C(C)CC(C)C)C1CCCCC1N(CC)C(C)CC(C)C. The van der Waals surface area contributed by atoms with Crippen molar-refractivity contribution >= 4 is 0 Å². The number of hydrogen-bond acceptors (Lipinski definition) is 2. The van der Waals surface area contributed by atoms with Gasteiger partial charge in [0, 0.05) is 24.2 Å². The Hall–Kier alpha value is -0.0800. The molecule has 0 aromatic heterocycles. The third-order valence-corrected chi connectivity index (χ3v) is 6.03.